The summed E-state index contributed by atoms with van der Waals surface area (Å²) in [5.74, 6) is 0.260. The zero-order chi connectivity index (χ0) is 25.9. The molecule has 0 bridgehead atoms. The SMILES string of the molecule is Cc1ccc(C(C2CCOCC2)n2c3cc(-c4c(C)nnn4C)cnc3c3onc(C(C)(C)O)c32)nc1. The molecule has 1 unspecified atom stereocenters. The summed E-state index contributed by atoms with van der Waals surface area (Å²) >= 11 is 0. The van der Waals surface area contributed by atoms with Gasteiger partial charge in [0.2, 0.25) is 5.58 Å². The van der Waals surface area contributed by atoms with Crippen LogP contribution in [0.4, 0.5) is 0 Å². The van der Waals surface area contributed by atoms with Gasteiger partial charge in [0.15, 0.2) is 0 Å². The number of hydrogen-bond donors (Lipinski definition) is 1. The minimum absolute atomic E-state index is 0.132. The van der Waals surface area contributed by atoms with E-state index < -0.39 is 5.60 Å². The zero-order valence-electron chi connectivity index (χ0n) is 21.8. The van der Waals surface area contributed by atoms with Crippen molar-refractivity contribution in [1.82, 2.24) is 34.7 Å². The molecule has 0 radical (unpaired) electrons. The van der Waals surface area contributed by atoms with Crippen LogP contribution in [0.2, 0.25) is 0 Å². The molecule has 5 aromatic heterocycles. The van der Waals surface area contributed by atoms with Crippen LogP contribution in [0.1, 0.15) is 55.4 Å². The summed E-state index contributed by atoms with van der Waals surface area (Å²) in [5.41, 5.74) is 6.81. The largest absolute Gasteiger partial charge is 0.384 e. The third kappa shape index (κ3) is 3.91. The number of fused-ring (bicyclic) bond motifs is 3. The summed E-state index contributed by atoms with van der Waals surface area (Å²) in [7, 11) is 1.88. The minimum Gasteiger partial charge on any atom is -0.384 e. The Morgan fingerprint density at radius 2 is 1.89 bits per heavy atom. The average Bonchev–Trinajstić information content (AvgIpc) is 3.54. The average molecular weight is 502 g/mol. The maximum atomic E-state index is 11.1. The first kappa shape index (κ1) is 23.7. The van der Waals surface area contributed by atoms with Crippen LogP contribution >= 0.6 is 0 Å². The third-order valence-corrected chi connectivity index (χ3v) is 7.33. The highest BCUT2D eigenvalue weighted by atomic mass is 16.5. The molecule has 1 atom stereocenters. The van der Waals surface area contributed by atoms with Crippen molar-refractivity contribution >= 4 is 22.1 Å². The van der Waals surface area contributed by atoms with Gasteiger partial charge in [0.25, 0.3) is 0 Å². The van der Waals surface area contributed by atoms with Gasteiger partial charge in [-0.3, -0.25) is 4.98 Å². The molecule has 6 rings (SSSR count). The molecule has 1 aliphatic heterocycles. The molecule has 10 heteroatoms. The van der Waals surface area contributed by atoms with E-state index in [1.165, 1.54) is 0 Å². The van der Waals surface area contributed by atoms with Crippen molar-refractivity contribution in [3.05, 3.63) is 53.2 Å². The van der Waals surface area contributed by atoms with Crippen molar-refractivity contribution in [3.63, 3.8) is 0 Å². The predicted octanol–water partition coefficient (Wildman–Crippen LogP) is 4.23. The van der Waals surface area contributed by atoms with E-state index >= 15 is 0 Å². The summed E-state index contributed by atoms with van der Waals surface area (Å²) in [6.07, 6.45) is 5.51. The highest BCUT2D eigenvalue weighted by Crippen LogP contribution is 2.43. The van der Waals surface area contributed by atoms with E-state index in [4.69, 9.17) is 19.2 Å². The maximum Gasteiger partial charge on any atom is 0.211 e. The standard InChI is InChI=1S/C27H31N7O3/c1-15-6-7-19(28-13-15)23(17-8-10-36-11-9-17)34-20-12-18(22-16(2)30-32-33(22)5)14-29-21(20)25-24(34)26(31-37-25)27(3,4)35/h6-7,12-14,17,23,35H,8-11H2,1-5H3. The van der Waals surface area contributed by atoms with E-state index in [0.717, 1.165) is 52.1 Å². The van der Waals surface area contributed by atoms with E-state index in [1.54, 1.807) is 18.5 Å². The summed E-state index contributed by atoms with van der Waals surface area (Å²) < 4.78 is 15.6. The van der Waals surface area contributed by atoms with Crippen LogP contribution < -0.4 is 0 Å². The van der Waals surface area contributed by atoms with Crippen LogP contribution in [0, 0.1) is 19.8 Å². The number of ether oxygens (including phenoxy) is 1. The van der Waals surface area contributed by atoms with Crippen LogP contribution in [0.15, 0.2) is 35.1 Å². The number of rotatable bonds is 5. The predicted molar refractivity (Wildman–Crippen MR) is 138 cm³/mol. The first-order valence-electron chi connectivity index (χ1n) is 12.6. The molecule has 0 saturated carbocycles. The van der Waals surface area contributed by atoms with Gasteiger partial charge in [0, 0.05) is 38.2 Å². The molecule has 0 aromatic carbocycles. The molecular weight excluding hydrogens is 470 g/mol. The lowest BCUT2D eigenvalue weighted by Crippen LogP contribution is -2.28. The van der Waals surface area contributed by atoms with E-state index in [9.17, 15) is 5.11 Å². The Bertz CT molecular complexity index is 1570. The van der Waals surface area contributed by atoms with Gasteiger partial charge in [-0.1, -0.05) is 16.4 Å². The summed E-state index contributed by atoms with van der Waals surface area (Å²) in [5, 5.41) is 23.8. The van der Waals surface area contributed by atoms with Crippen LogP contribution in [0.3, 0.4) is 0 Å². The molecule has 192 valence electrons. The lowest BCUT2D eigenvalue weighted by atomic mass is 9.88. The highest BCUT2D eigenvalue weighted by Gasteiger charge is 2.36. The number of aliphatic hydroxyl groups is 1. The number of pyridine rings is 2. The first-order valence-corrected chi connectivity index (χ1v) is 12.6. The molecule has 0 spiro atoms. The molecule has 5 aromatic rings. The Hall–Kier alpha value is -3.63. The Balaban J connectivity index is 1.70. The third-order valence-electron chi connectivity index (χ3n) is 7.33. The molecule has 6 heterocycles. The van der Waals surface area contributed by atoms with Gasteiger partial charge in [0.1, 0.15) is 22.3 Å². The van der Waals surface area contributed by atoms with Crippen LogP contribution in [0.25, 0.3) is 33.4 Å². The monoisotopic (exact) mass is 501 g/mol. The fourth-order valence-electron chi connectivity index (χ4n) is 5.54. The smallest absolute Gasteiger partial charge is 0.211 e. The van der Waals surface area contributed by atoms with Crippen molar-refractivity contribution < 1.29 is 14.4 Å². The fourth-order valence-corrected chi connectivity index (χ4v) is 5.54. The minimum atomic E-state index is -1.22. The molecule has 1 saturated heterocycles. The van der Waals surface area contributed by atoms with Crippen LogP contribution in [-0.2, 0) is 17.4 Å². The summed E-state index contributed by atoms with van der Waals surface area (Å²) in [6, 6.07) is 6.17. The quantitative estimate of drug-likeness (QED) is 0.380. The molecule has 1 N–H and O–H groups in total. The van der Waals surface area contributed by atoms with Crippen molar-refractivity contribution in [2.45, 2.75) is 52.2 Å². The van der Waals surface area contributed by atoms with Gasteiger partial charge in [0.05, 0.1) is 28.6 Å². The van der Waals surface area contributed by atoms with Crippen molar-refractivity contribution in [1.29, 1.82) is 0 Å². The van der Waals surface area contributed by atoms with E-state index in [-0.39, 0.29) is 12.0 Å². The molecular formula is C27H31N7O3. The Kier molecular flexibility index (Phi) is 5.61. The molecule has 10 nitrogen and oxygen atoms in total. The summed E-state index contributed by atoms with van der Waals surface area (Å²) in [6.45, 7) is 8.82. The number of aromatic nitrogens is 7. The lowest BCUT2D eigenvalue weighted by molar-refractivity contribution is 0.0542. The number of hydrogen-bond acceptors (Lipinski definition) is 8. The Morgan fingerprint density at radius 3 is 2.54 bits per heavy atom. The van der Waals surface area contributed by atoms with E-state index in [2.05, 4.69) is 38.2 Å². The molecule has 1 aliphatic rings. The van der Waals surface area contributed by atoms with Crippen LogP contribution in [-0.4, -0.2) is 53.0 Å². The maximum absolute atomic E-state index is 11.1. The second-order valence-corrected chi connectivity index (χ2v) is 10.5. The van der Waals surface area contributed by atoms with Gasteiger partial charge in [-0.05, 0) is 64.2 Å². The zero-order valence-corrected chi connectivity index (χ0v) is 21.8. The lowest BCUT2D eigenvalue weighted by Gasteiger charge is -2.32. The second-order valence-electron chi connectivity index (χ2n) is 10.5. The molecule has 0 aliphatic carbocycles. The highest BCUT2D eigenvalue weighted by molar-refractivity contribution is 6.04. The van der Waals surface area contributed by atoms with Crippen molar-refractivity contribution in [2.75, 3.05) is 13.2 Å². The fraction of sp³-hybridized carbons (Fsp3) is 0.444. The molecule has 0 amide bonds. The van der Waals surface area contributed by atoms with Crippen molar-refractivity contribution in [2.24, 2.45) is 13.0 Å². The Morgan fingerprint density at radius 1 is 1.11 bits per heavy atom. The van der Waals surface area contributed by atoms with Crippen LogP contribution in [0.5, 0.6) is 0 Å². The van der Waals surface area contributed by atoms with Gasteiger partial charge < -0.3 is 18.9 Å². The molecule has 37 heavy (non-hydrogen) atoms. The first-order chi connectivity index (χ1) is 17.7. The van der Waals surface area contributed by atoms with Gasteiger partial charge >= 0.3 is 0 Å². The van der Waals surface area contributed by atoms with Gasteiger partial charge in [-0.15, -0.1) is 5.10 Å². The van der Waals surface area contributed by atoms with E-state index in [0.29, 0.717) is 30.0 Å². The number of nitrogens with zero attached hydrogens (tertiary/aromatic N) is 7. The summed E-state index contributed by atoms with van der Waals surface area (Å²) in [4.78, 5) is 9.73. The van der Waals surface area contributed by atoms with Gasteiger partial charge in [-0.2, -0.15) is 0 Å². The second kappa shape index (κ2) is 8.74. The topological polar surface area (TPSA) is 117 Å². The van der Waals surface area contributed by atoms with Crippen molar-refractivity contribution in [3.8, 4) is 11.3 Å². The molecule has 1 fully saturated rings. The normalized spacial score (nSPS) is 16.2. The van der Waals surface area contributed by atoms with E-state index in [1.807, 2.05) is 33.3 Å². The number of aryl methyl sites for hydroxylation is 3. The Labute approximate surface area is 214 Å². The van der Waals surface area contributed by atoms with Gasteiger partial charge in [-0.25, -0.2) is 9.67 Å².